The van der Waals surface area contributed by atoms with Gasteiger partial charge in [0.05, 0.1) is 19.1 Å². The van der Waals surface area contributed by atoms with Crippen LogP contribution in [-0.2, 0) is 19.1 Å². The van der Waals surface area contributed by atoms with Crippen LogP contribution in [0.25, 0.3) is 0 Å². The largest absolute Gasteiger partial charge is 0.469 e. The minimum atomic E-state index is -0.892. The third kappa shape index (κ3) is 1.35. The van der Waals surface area contributed by atoms with E-state index in [9.17, 15) is 14.7 Å². The number of ether oxygens (including phenoxy) is 2. The predicted octanol–water partition coefficient (Wildman–Crippen LogP) is 1.67. The number of hydrogen-bond donors (Lipinski definition) is 1. The van der Waals surface area contributed by atoms with Crippen molar-refractivity contribution in [3.63, 3.8) is 0 Å². The zero-order chi connectivity index (χ0) is 15.9. The lowest BCUT2D eigenvalue weighted by Crippen LogP contribution is -2.58. The highest BCUT2D eigenvalue weighted by Gasteiger charge is 2.81. The van der Waals surface area contributed by atoms with Crippen LogP contribution in [0.2, 0.25) is 0 Å². The Morgan fingerprint density at radius 3 is 2.77 bits per heavy atom. The fourth-order valence-corrected chi connectivity index (χ4v) is 6.67. The van der Waals surface area contributed by atoms with Gasteiger partial charge in [-0.1, -0.05) is 13.8 Å². The predicted molar refractivity (Wildman–Crippen MR) is 76.6 cm³/mol. The molecule has 3 aliphatic carbocycles. The van der Waals surface area contributed by atoms with Gasteiger partial charge in [0.15, 0.2) is 0 Å². The molecule has 6 atom stereocenters. The van der Waals surface area contributed by atoms with Gasteiger partial charge in [-0.2, -0.15) is 0 Å². The number of hydrogen-bond acceptors (Lipinski definition) is 5. The molecule has 4 fully saturated rings. The van der Waals surface area contributed by atoms with Gasteiger partial charge in [-0.3, -0.25) is 9.59 Å². The van der Waals surface area contributed by atoms with Gasteiger partial charge < -0.3 is 14.6 Å². The standard InChI is InChI=1S/C17H24O5/c1-15(2)8-16-9-4-5-11(16)10(13(19)21-3)7-17(16,14(15)20)22-12(18)6-9/h9-11,14,20H,4-8H2,1-3H3/t9-,10+,11+,14-,16+,17+/m1/s1. The molecule has 0 unspecified atom stereocenters. The first-order valence-corrected chi connectivity index (χ1v) is 8.26. The second kappa shape index (κ2) is 4.05. The maximum Gasteiger partial charge on any atom is 0.309 e. The van der Waals surface area contributed by atoms with Crippen molar-refractivity contribution in [1.82, 2.24) is 0 Å². The fourth-order valence-electron chi connectivity index (χ4n) is 6.67. The number of aliphatic hydroxyl groups excluding tert-OH is 1. The van der Waals surface area contributed by atoms with E-state index in [0.29, 0.717) is 12.8 Å². The summed E-state index contributed by atoms with van der Waals surface area (Å²) in [5.74, 6) is -0.309. The number of methoxy groups -OCH3 is 1. The summed E-state index contributed by atoms with van der Waals surface area (Å²) in [7, 11) is 1.41. The molecule has 1 aliphatic heterocycles. The molecule has 122 valence electrons. The molecule has 1 saturated heterocycles. The summed E-state index contributed by atoms with van der Waals surface area (Å²) in [6, 6.07) is 0. The van der Waals surface area contributed by atoms with Crippen LogP contribution in [-0.4, -0.2) is 35.9 Å². The molecule has 3 saturated carbocycles. The average Bonchev–Trinajstić information content (AvgIpc) is 2.99. The summed E-state index contributed by atoms with van der Waals surface area (Å²) < 4.78 is 10.9. The van der Waals surface area contributed by atoms with E-state index in [2.05, 4.69) is 0 Å². The quantitative estimate of drug-likeness (QED) is 0.746. The van der Waals surface area contributed by atoms with Crippen molar-refractivity contribution in [3.05, 3.63) is 0 Å². The Bertz CT molecular complexity index is 555. The molecule has 0 amide bonds. The van der Waals surface area contributed by atoms with E-state index < -0.39 is 11.7 Å². The molecule has 5 heteroatoms. The van der Waals surface area contributed by atoms with Crippen molar-refractivity contribution in [1.29, 1.82) is 0 Å². The molecule has 5 nitrogen and oxygen atoms in total. The molecule has 0 aromatic carbocycles. The SMILES string of the molecule is COC(=O)[C@H]1C[C@@]23OC(=O)C[C@H]4CC[C@@H]1[C@]42CC(C)(C)[C@H]3O. The minimum Gasteiger partial charge on any atom is -0.469 e. The Balaban J connectivity index is 1.89. The second-order valence-electron chi connectivity index (χ2n) is 8.39. The lowest BCUT2D eigenvalue weighted by molar-refractivity contribution is -0.211. The van der Waals surface area contributed by atoms with Gasteiger partial charge in [0.25, 0.3) is 0 Å². The number of aliphatic hydroxyl groups is 1. The lowest BCUT2D eigenvalue weighted by atomic mass is 9.63. The molecule has 0 radical (unpaired) electrons. The normalized spacial score (nSPS) is 51.2. The number of esters is 2. The Kier molecular flexibility index (Phi) is 2.67. The third-order valence-corrected chi connectivity index (χ3v) is 7.16. The van der Waals surface area contributed by atoms with E-state index in [0.717, 1.165) is 19.3 Å². The van der Waals surface area contributed by atoms with Crippen LogP contribution in [0.1, 0.15) is 46.0 Å². The first-order valence-electron chi connectivity index (χ1n) is 8.26. The molecule has 0 bridgehead atoms. The van der Waals surface area contributed by atoms with Gasteiger partial charge in [0, 0.05) is 18.3 Å². The van der Waals surface area contributed by atoms with Crippen molar-refractivity contribution >= 4 is 11.9 Å². The van der Waals surface area contributed by atoms with Gasteiger partial charge in [0.1, 0.15) is 5.60 Å². The minimum absolute atomic E-state index is 0.162. The molecule has 0 aromatic rings. The summed E-state index contributed by atoms with van der Waals surface area (Å²) in [5.41, 5.74) is -1.44. The zero-order valence-electron chi connectivity index (χ0n) is 13.4. The number of rotatable bonds is 1. The van der Waals surface area contributed by atoms with E-state index in [1.807, 2.05) is 13.8 Å². The van der Waals surface area contributed by atoms with E-state index in [4.69, 9.17) is 9.47 Å². The van der Waals surface area contributed by atoms with Crippen molar-refractivity contribution in [2.75, 3.05) is 7.11 Å². The van der Waals surface area contributed by atoms with Crippen molar-refractivity contribution in [2.45, 2.75) is 57.7 Å². The summed E-state index contributed by atoms with van der Waals surface area (Å²) >= 11 is 0. The Labute approximate surface area is 130 Å². The third-order valence-electron chi connectivity index (χ3n) is 7.16. The Morgan fingerprint density at radius 1 is 1.36 bits per heavy atom. The van der Waals surface area contributed by atoms with Crippen LogP contribution < -0.4 is 0 Å². The molecule has 0 aromatic heterocycles. The van der Waals surface area contributed by atoms with Gasteiger partial charge in [-0.15, -0.1) is 0 Å². The smallest absolute Gasteiger partial charge is 0.309 e. The van der Waals surface area contributed by atoms with Crippen molar-refractivity contribution < 1.29 is 24.2 Å². The Hall–Kier alpha value is -1.10. The van der Waals surface area contributed by atoms with Crippen LogP contribution in [0, 0.1) is 28.6 Å². The van der Waals surface area contributed by atoms with E-state index >= 15 is 0 Å². The molecular formula is C17H24O5. The van der Waals surface area contributed by atoms with Crippen molar-refractivity contribution in [2.24, 2.45) is 28.6 Å². The monoisotopic (exact) mass is 308 g/mol. The van der Waals surface area contributed by atoms with Crippen LogP contribution >= 0.6 is 0 Å². The maximum absolute atomic E-state index is 12.3. The van der Waals surface area contributed by atoms with E-state index in [1.54, 1.807) is 0 Å². The van der Waals surface area contributed by atoms with E-state index in [1.165, 1.54) is 7.11 Å². The van der Waals surface area contributed by atoms with Gasteiger partial charge in [-0.25, -0.2) is 0 Å². The molecule has 4 aliphatic rings. The molecule has 22 heavy (non-hydrogen) atoms. The molecular weight excluding hydrogens is 284 g/mol. The highest BCUT2D eigenvalue weighted by atomic mass is 16.6. The van der Waals surface area contributed by atoms with Gasteiger partial charge in [-0.05, 0) is 36.5 Å². The number of carbonyl (C=O) groups excluding carboxylic acids is 2. The molecule has 1 spiro atoms. The zero-order valence-corrected chi connectivity index (χ0v) is 13.4. The van der Waals surface area contributed by atoms with Crippen LogP contribution in [0.15, 0.2) is 0 Å². The van der Waals surface area contributed by atoms with Crippen LogP contribution in [0.4, 0.5) is 0 Å². The summed E-state index contributed by atoms with van der Waals surface area (Å²) in [6.45, 7) is 4.09. The first-order chi connectivity index (χ1) is 10.3. The summed E-state index contributed by atoms with van der Waals surface area (Å²) in [6.07, 6.45) is 2.80. The molecule has 1 N–H and O–H groups in total. The maximum atomic E-state index is 12.3. The molecule has 1 heterocycles. The highest BCUT2D eigenvalue weighted by molar-refractivity contribution is 5.77. The highest BCUT2D eigenvalue weighted by Crippen LogP contribution is 2.77. The van der Waals surface area contributed by atoms with Crippen molar-refractivity contribution in [3.8, 4) is 0 Å². The summed E-state index contributed by atoms with van der Waals surface area (Å²) in [5, 5.41) is 11.0. The number of carbonyl (C=O) groups is 2. The summed E-state index contributed by atoms with van der Waals surface area (Å²) in [4.78, 5) is 24.5. The molecule has 4 rings (SSSR count). The average molecular weight is 308 g/mol. The van der Waals surface area contributed by atoms with Crippen LogP contribution in [0.5, 0.6) is 0 Å². The van der Waals surface area contributed by atoms with Gasteiger partial charge in [0.2, 0.25) is 0 Å². The van der Waals surface area contributed by atoms with Gasteiger partial charge >= 0.3 is 11.9 Å². The van der Waals surface area contributed by atoms with Crippen LogP contribution in [0.3, 0.4) is 0 Å². The van der Waals surface area contributed by atoms with E-state index in [-0.39, 0.29) is 40.5 Å². The lowest BCUT2D eigenvalue weighted by Gasteiger charge is -2.48. The fraction of sp³-hybridized carbons (Fsp3) is 0.882. The second-order valence-corrected chi connectivity index (χ2v) is 8.39. The topological polar surface area (TPSA) is 72.8 Å². The first kappa shape index (κ1) is 14.5. The Morgan fingerprint density at radius 2 is 2.09 bits per heavy atom.